The fourth-order valence-electron chi connectivity index (χ4n) is 2.45. The van der Waals surface area contributed by atoms with Crippen molar-refractivity contribution in [2.75, 3.05) is 11.6 Å². The first-order chi connectivity index (χ1) is 11.5. The third-order valence-corrected chi connectivity index (χ3v) is 4.93. The quantitative estimate of drug-likeness (QED) is 0.673. The van der Waals surface area contributed by atoms with Crippen LogP contribution >= 0.6 is 27.7 Å². The molecule has 0 fully saturated rings. The summed E-state index contributed by atoms with van der Waals surface area (Å²) < 4.78 is 2.54. The first-order valence-corrected chi connectivity index (χ1v) is 9.32. The SMILES string of the molecule is CSc1nc2nc(C)c(CC(=O)Nc3ccccc3Br)c(C)n2n1. The largest absolute Gasteiger partial charge is 0.325 e. The van der Waals surface area contributed by atoms with Gasteiger partial charge in [0, 0.05) is 21.4 Å². The van der Waals surface area contributed by atoms with Gasteiger partial charge in [0.05, 0.1) is 12.1 Å². The molecule has 0 unspecified atom stereocenters. The van der Waals surface area contributed by atoms with Crippen molar-refractivity contribution in [3.05, 3.63) is 45.7 Å². The molecule has 2 aromatic heterocycles. The number of thioether (sulfide) groups is 1. The Morgan fingerprint density at radius 3 is 2.75 bits per heavy atom. The Morgan fingerprint density at radius 1 is 1.29 bits per heavy atom. The van der Waals surface area contributed by atoms with E-state index in [1.165, 1.54) is 11.8 Å². The van der Waals surface area contributed by atoms with Crippen molar-refractivity contribution >= 4 is 45.1 Å². The maximum absolute atomic E-state index is 12.4. The minimum absolute atomic E-state index is 0.0977. The topological polar surface area (TPSA) is 72.2 Å². The second kappa shape index (κ2) is 6.90. The third kappa shape index (κ3) is 3.29. The van der Waals surface area contributed by atoms with Gasteiger partial charge in [0.15, 0.2) is 0 Å². The maximum Gasteiger partial charge on any atom is 0.253 e. The number of nitrogens with zero attached hydrogens (tertiary/aromatic N) is 4. The number of anilines is 1. The molecule has 0 aliphatic carbocycles. The molecule has 0 aliphatic rings. The molecule has 0 radical (unpaired) electrons. The molecular formula is C16H16BrN5OS. The monoisotopic (exact) mass is 405 g/mol. The van der Waals surface area contributed by atoms with Gasteiger partial charge in [-0.25, -0.2) is 9.50 Å². The molecule has 2 heterocycles. The van der Waals surface area contributed by atoms with Gasteiger partial charge in [0.1, 0.15) is 0 Å². The lowest BCUT2D eigenvalue weighted by Crippen LogP contribution is -2.18. The number of para-hydroxylation sites is 1. The summed E-state index contributed by atoms with van der Waals surface area (Å²) in [5.74, 6) is 0.462. The van der Waals surface area contributed by atoms with E-state index in [0.29, 0.717) is 10.9 Å². The van der Waals surface area contributed by atoms with Gasteiger partial charge in [0.25, 0.3) is 5.78 Å². The second-order valence-corrected chi connectivity index (χ2v) is 6.90. The zero-order chi connectivity index (χ0) is 17.3. The average Bonchev–Trinajstić information content (AvgIpc) is 2.97. The van der Waals surface area contributed by atoms with Crippen LogP contribution in [0.5, 0.6) is 0 Å². The van der Waals surface area contributed by atoms with Crippen molar-refractivity contribution in [2.45, 2.75) is 25.4 Å². The van der Waals surface area contributed by atoms with Crippen molar-refractivity contribution in [1.29, 1.82) is 0 Å². The molecule has 3 aromatic rings. The van der Waals surface area contributed by atoms with E-state index < -0.39 is 0 Å². The fraction of sp³-hybridized carbons (Fsp3) is 0.250. The van der Waals surface area contributed by atoms with Gasteiger partial charge >= 0.3 is 0 Å². The Bertz CT molecular complexity index is 924. The number of aromatic nitrogens is 4. The molecular weight excluding hydrogens is 390 g/mol. The van der Waals surface area contributed by atoms with E-state index in [0.717, 1.165) is 27.1 Å². The molecule has 24 heavy (non-hydrogen) atoms. The predicted octanol–water partition coefficient (Wildman–Crippen LogP) is 3.41. The van der Waals surface area contributed by atoms with E-state index in [1.807, 2.05) is 44.4 Å². The highest BCUT2D eigenvalue weighted by molar-refractivity contribution is 9.10. The third-order valence-electron chi connectivity index (χ3n) is 3.70. The lowest BCUT2D eigenvalue weighted by Gasteiger charge is -2.11. The van der Waals surface area contributed by atoms with Crippen LogP contribution in [0.2, 0.25) is 0 Å². The number of benzene rings is 1. The van der Waals surface area contributed by atoms with Crippen molar-refractivity contribution in [1.82, 2.24) is 19.6 Å². The smallest absolute Gasteiger partial charge is 0.253 e. The zero-order valence-electron chi connectivity index (χ0n) is 13.5. The lowest BCUT2D eigenvalue weighted by atomic mass is 10.1. The average molecular weight is 406 g/mol. The summed E-state index contributed by atoms with van der Waals surface area (Å²) in [6.07, 6.45) is 2.15. The fourth-order valence-corrected chi connectivity index (χ4v) is 3.17. The first-order valence-electron chi connectivity index (χ1n) is 7.31. The highest BCUT2D eigenvalue weighted by Crippen LogP contribution is 2.22. The molecule has 1 N–H and O–H groups in total. The van der Waals surface area contributed by atoms with Gasteiger partial charge in [-0.15, -0.1) is 5.10 Å². The van der Waals surface area contributed by atoms with E-state index in [-0.39, 0.29) is 12.3 Å². The number of fused-ring (bicyclic) bond motifs is 1. The number of rotatable bonds is 4. The Labute approximate surface area is 152 Å². The van der Waals surface area contributed by atoms with E-state index in [1.54, 1.807) is 4.52 Å². The van der Waals surface area contributed by atoms with Crippen LogP contribution in [0.1, 0.15) is 17.0 Å². The molecule has 0 atom stereocenters. The molecule has 0 bridgehead atoms. The van der Waals surface area contributed by atoms with Gasteiger partial charge in [-0.3, -0.25) is 4.79 Å². The number of carbonyl (C=O) groups excluding carboxylic acids is 1. The maximum atomic E-state index is 12.4. The Balaban J connectivity index is 1.89. The van der Waals surface area contributed by atoms with Crippen LogP contribution in [0.25, 0.3) is 5.78 Å². The molecule has 0 saturated heterocycles. The van der Waals surface area contributed by atoms with Crippen LogP contribution in [0.3, 0.4) is 0 Å². The molecule has 8 heteroatoms. The van der Waals surface area contributed by atoms with Gasteiger partial charge in [0.2, 0.25) is 11.1 Å². The van der Waals surface area contributed by atoms with Gasteiger partial charge in [-0.05, 0) is 48.2 Å². The second-order valence-electron chi connectivity index (χ2n) is 5.28. The molecule has 6 nitrogen and oxygen atoms in total. The van der Waals surface area contributed by atoms with Crippen molar-refractivity contribution in [3.8, 4) is 0 Å². The summed E-state index contributed by atoms with van der Waals surface area (Å²) >= 11 is 4.90. The normalized spacial score (nSPS) is 11.0. The van der Waals surface area contributed by atoms with Gasteiger partial charge in [-0.2, -0.15) is 4.98 Å². The van der Waals surface area contributed by atoms with Gasteiger partial charge in [-0.1, -0.05) is 23.9 Å². The van der Waals surface area contributed by atoms with E-state index >= 15 is 0 Å². The van der Waals surface area contributed by atoms with Crippen LogP contribution in [0.4, 0.5) is 5.69 Å². The Hall–Kier alpha value is -1.93. The molecule has 0 spiro atoms. The zero-order valence-corrected chi connectivity index (χ0v) is 15.9. The summed E-state index contributed by atoms with van der Waals surface area (Å²) in [6, 6.07) is 7.52. The van der Waals surface area contributed by atoms with Crippen molar-refractivity contribution in [3.63, 3.8) is 0 Å². The highest BCUT2D eigenvalue weighted by atomic mass is 79.9. The van der Waals surface area contributed by atoms with Crippen molar-refractivity contribution in [2.24, 2.45) is 0 Å². The standard InChI is InChI=1S/C16H16BrN5OS/c1-9-11(8-14(23)19-13-7-5-4-6-12(13)17)10(2)22-15(18-9)20-16(21-22)24-3/h4-7H,8H2,1-3H3,(H,19,23). The molecule has 0 saturated carbocycles. The summed E-state index contributed by atoms with van der Waals surface area (Å²) in [7, 11) is 0. The highest BCUT2D eigenvalue weighted by Gasteiger charge is 2.16. The number of halogens is 1. The summed E-state index contributed by atoms with van der Waals surface area (Å²) in [5, 5.41) is 7.99. The summed E-state index contributed by atoms with van der Waals surface area (Å²) in [4.78, 5) is 21.2. The first kappa shape index (κ1) is 16.9. The molecule has 1 amide bonds. The van der Waals surface area contributed by atoms with E-state index in [9.17, 15) is 4.79 Å². The van der Waals surface area contributed by atoms with Gasteiger partial charge < -0.3 is 5.32 Å². The minimum Gasteiger partial charge on any atom is -0.325 e. The number of hydrogen-bond donors (Lipinski definition) is 1. The van der Waals surface area contributed by atoms with Crippen LogP contribution in [-0.4, -0.2) is 31.7 Å². The summed E-state index contributed by atoms with van der Waals surface area (Å²) in [6.45, 7) is 3.82. The number of carbonyl (C=O) groups is 1. The molecule has 1 aromatic carbocycles. The number of nitrogens with one attached hydrogen (secondary N) is 1. The number of hydrogen-bond acceptors (Lipinski definition) is 5. The van der Waals surface area contributed by atoms with Crippen LogP contribution in [0.15, 0.2) is 33.9 Å². The predicted molar refractivity (Wildman–Crippen MR) is 98.5 cm³/mol. The summed E-state index contributed by atoms with van der Waals surface area (Å²) in [5.41, 5.74) is 3.29. The molecule has 124 valence electrons. The number of amides is 1. The van der Waals surface area contributed by atoms with Crippen LogP contribution in [-0.2, 0) is 11.2 Å². The van der Waals surface area contributed by atoms with Crippen LogP contribution in [0, 0.1) is 13.8 Å². The van der Waals surface area contributed by atoms with Crippen LogP contribution < -0.4 is 5.32 Å². The van der Waals surface area contributed by atoms with E-state index in [4.69, 9.17) is 0 Å². The molecule has 3 rings (SSSR count). The van der Waals surface area contributed by atoms with E-state index in [2.05, 4.69) is 36.3 Å². The molecule has 0 aliphatic heterocycles. The lowest BCUT2D eigenvalue weighted by molar-refractivity contribution is -0.115. The Morgan fingerprint density at radius 2 is 2.04 bits per heavy atom. The Kier molecular flexibility index (Phi) is 4.86. The minimum atomic E-state index is -0.0977. The number of aryl methyl sites for hydroxylation is 2. The van der Waals surface area contributed by atoms with Crippen molar-refractivity contribution < 1.29 is 4.79 Å².